The van der Waals surface area contributed by atoms with E-state index in [0.29, 0.717) is 0 Å². The van der Waals surface area contributed by atoms with Gasteiger partial charge >= 0.3 is 0 Å². The van der Waals surface area contributed by atoms with Crippen molar-refractivity contribution in [2.45, 2.75) is 0 Å². The lowest BCUT2D eigenvalue weighted by Gasteiger charge is -2.12. The van der Waals surface area contributed by atoms with E-state index in [1.165, 1.54) is 43.4 Å². The first-order valence-electron chi connectivity index (χ1n) is 45.8. The van der Waals surface area contributed by atoms with Crippen LogP contribution in [0.1, 0.15) is 0 Å². The van der Waals surface area contributed by atoms with Gasteiger partial charge in [-0.25, -0.2) is 0 Å². The summed E-state index contributed by atoms with van der Waals surface area (Å²) in [5, 5.41) is 20.6. The van der Waals surface area contributed by atoms with Gasteiger partial charge in [-0.15, -0.1) is 0 Å². The Morgan fingerprint density at radius 2 is 0.467 bits per heavy atom. The van der Waals surface area contributed by atoms with E-state index in [2.05, 4.69) is 469 Å². The van der Waals surface area contributed by atoms with Gasteiger partial charge in [0.25, 0.3) is 0 Å². The number of fused-ring (bicyclic) bond motifs is 29. The van der Waals surface area contributed by atoms with Crippen molar-refractivity contribution in [3.63, 3.8) is 0 Å². The highest BCUT2D eigenvalue weighted by Crippen LogP contribution is 2.50. The number of hydrogen-bond acceptors (Lipinski definition) is 6. The molecule has 0 fully saturated rings. The minimum Gasteiger partial charge on any atom is -0.456 e. The zero-order chi connectivity index (χ0) is 88.5. The lowest BCUT2D eigenvalue weighted by molar-refractivity contribution is 0.669. The number of furan rings is 6. The molecule has 0 saturated carbocycles. The third-order valence-electron chi connectivity index (χ3n) is 27.6. The zero-order valence-electron chi connectivity index (χ0n) is 72.6. The first kappa shape index (κ1) is 75.8. The van der Waals surface area contributed by atoms with Crippen LogP contribution in [0.2, 0.25) is 0 Å². The molecule has 9 heteroatoms. The summed E-state index contributed by atoms with van der Waals surface area (Å²) in [5.41, 5.74) is 34.7. The molecular weight excluding hydrogens is 1650 g/mol. The Kier molecular flexibility index (Phi) is 17.0. The molecule has 21 aromatic carbocycles. The zero-order valence-corrected chi connectivity index (χ0v) is 72.6. The summed E-state index contributed by atoms with van der Waals surface area (Å²) < 4.78 is 46.0. The predicted octanol–water partition coefficient (Wildman–Crippen LogP) is 35.7. The smallest absolute Gasteiger partial charge is 0.161 e. The van der Waals surface area contributed by atoms with Crippen LogP contribution < -0.4 is 0 Å². The van der Waals surface area contributed by atoms with E-state index in [9.17, 15) is 0 Å². The van der Waals surface area contributed by atoms with Gasteiger partial charge in [0.15, 0.2) is 16.7 Å². The van der Waals surface area contributed by atoms with Crippen molar-refractivity contribution in [1.82, 2.24) is 13.7 Å². The number of hydrogen-bond donors (Lipinski definition) is 0. The molecule has 9 nitrogen and oxygen atoms in total. The molecule has 0 aliphatic heterocycles. The van der Waals surface area contributed by atoms with Gasteiger partial charge < -0.3 is 40.2 Å². The number of rotatable bonds is 9. The van der Waals surface area contributed by atoms with Crippen molar-refractivity contribution in [3.05, 3.63) is 455 Å². The highest BCUT2D eigenvalue weighted by atomic mass is 16.4. The van der Waals surface area contributed by atoms with Gasteiger partial charge in [-0.05, 0) is 257 Å². The summed E-state index contributed by atoms with van der Waals surface area (Å²) in [5.74, 6) is 0. The highest BCUT2D eigenvalue weighted by molar-refractivity contribution is 6.24. The maximum absolute atomic E-state index is 6.57. The Balaban J connectivity index is 0.000000101. The molecule has 0 spiro atoms. The fourth-order valence-corrected chi connectivity index (χ4v) is 21.5. The molecule has 630 valence electrons. The molecule has 0 atom stereocenters. The van der Waals surface area contributed by atoms with Crippen LogP contribution in [0.25, 0.3) is 281 Å². The minimum atomic E-state index is 0.881. The summed E-state index contributed by atoms with van der Waals surface area (Å²) >= 11 is 0. The molecule has 30 rings (SSSR count). The van der Waals surface area contributed by atoms with Crippen LogP contribution in [0.5, 0.6) is 0 Å². The highest BCUT2D eigenvalue weighted by Gasteiger charge is 2.27. The molecule has 135 heavy (non-hydrogen) atoms. The molecule has 0 aliphatic carbocycles. The molecule has 0 unspecified atom stereocenters. The van der Waals surface area contributed by atoms with Gasteiger partial charge in [-0.1, -0.05) is 291 Å². The average Bonchev–Trinajstić information content (AvgIpc) is 1.57. The van der Waals surface area contributed by atoms with Crippen LogP contribution in [0.15, 0.2) is 481 Å². The fraction of sp³-hybridized carbons (Fsp3) is 0. The quantitative estimate of drug-likeness (QED) is 0.143. The van der Waals surface area contributed by atoms with Gasteiger partial charge in [-0.3, -0.25) is 0 Å². The SMILES string of the molecule is c1ccc(-n2c3ccccc3c3oc4ccc(-c5ccccc5-c5ccc6c(c5)oc5cc7ccccc7cc56)cc4c32)cc1.c1ccc(-n2c3ccccc3c3oc4ccc(-c5ccccc5-c5ccc6c(c5)oc5ccc7ccccc7c56)cc4c32)cc1.c1ccc(-n2c3ccccc3c3oc4ccc(-c5ccccc5-c5cccc6oc7c8ccccc8ccc7c56)cc4c32)cc1. The molecule has 0 bridgehead atoms. The van der Waals surface area contributed by atoms with Crippen molar-refractivity contribution in [2.24, 2.45) is 0 Å². The lowest BCUT2D eigenvalue weighted by Crippen LogP contribution is -1.93. The molecule has 9 aromatic heterocycles. The van der Waals surface area contributed by atoms with Crippen LogP contribution >= 0.6 is 0 Å². The van der Waals surface area contributed by atoms with Crippen molar-refractivity contribution < 1.29 is 26.5 Å². The second-order valence-corrected chi connectivity index (χ2v) is 35.1. The van der Waals surface area contributed by atoms with Crippen LogP contribution in [-0.4, -0.2) is 13.7 Å². The summed E-state index contributed by atoms with van der Waals surface area (Å²) in [6.45, 7) is 0. The van der Waals surface area contributed by atoms with Gasteiger partial charge in [0.2, 0.25) is 0 Å². The minimum absolute atomic E-state index is 0.881. The van der Waals surface area contributed by atoms with Crippen molar-refractivity contribution in [2.75, 3.05) is 0 Å². The number of benzene rings is 21. The van der Waals surface area contributed by atoms with E-state index in [4.69, 9.17) is 26.5 Å². The average molecular weight is 1730 g/mol. The first-order valence-corrected chi connectivity index (χ1v) is 45.8. The lowest BCUT2D eigenvalue weighted by atomic mass is 9.91. The summed E-state index contributed by atoms with van der Waals surface area (Å²) in [6.07, 6.45) is 0. The van der Waals surface area contributed by atoms with Crippen LogP contribution in [0.3, 0.4) is 0 Å². The molecule has 0 radical (unpaired) electrons. The second-order valence-electron chi connectivity index (χ2n) is 35.1. The summed E-state index contributed by atoms with van der Waals surface area (Å²) in [4.78, 5) is 0. The normalized spacial score (nSPS) is 12.0. The Morgan fingerprint density at radius 1 is 0.141 bits per heavy atom. The van der Waals surface area contributed by atoms with E-state index < -0.39 is 0 Å². The second kappa shape index (κ2) is 30.2. The van der Waals surface area contributed by atoms with E-state index in [1.807, 2.05) is 0 Å². The van der Waals surface area contributed by atoms with Crippen molar-refractivity contribution in [3.8, 4) is 83.8 Å². The van der Waals surface area contributed by atoms with Crippen LogP contribution in [0.4, 0.5) is 0 Å². The third kappa shape index (κ3) is 12.0. The first-order chi connectivity index (χ1) is 66.9. The standard InChI is InChI=1S/3C42H25NO2/c1-2-12-28(13-3-1)43-36-19-9-8-17-33(36)42-40(43)35-25-27(22-24-37(35)44-42)29-14-6-7-16-31(29)32-18-10-20-38-39(32)34-23-21-26-11-4-5-15-30(26)41(34)45-38;1-2-12-30(13-3-1)43-37-17-9-8-16-34(37)42-41(43)36-23-28(19-21-38(36)45-42)31-14-6-7-15-32(31)29-18-20-33-35-22-26-10-4-5-11-27(26)24-40(35)44-39(33)25-29;1-2-11-29(12-3-1)43-36-17-9-8-16-33(36)42-41(43)35-24-27(20-22-37(35)45-42)30-13-6-7-14-31(30)28-18-21-34-39(25-28)44-38-23-19-26-10-4-5-15-32(26)40(34)38/h3*1-25H. The van der Waals surface area contributed by atoms with Gasteiger partial charge in [0, 0.05) is 87.1 Å². The largest absolute Gasteiger partial charge is 0.456 e. The molecule has 0 N–H and O–H groups in total. The van der Waals surface area contributed by atoms with Gasteiger partial charge in [0.1, 0.15) is 66.8 Å². The number of para-hydroxylation sites is 6. The fourth-order valence-electron chi connectivity index (χ4n) is 21.5. The Hall–Kier alpha value is -18.2. The molecule has 0 saturated heterocycles. The molecule has 0 aliphatic rings. The Morgan fingerprint density at radius 3 is 0.963 bits per heavy atom. The van der Waals surface area contributed by atoms with E-state index in [0.717, 1.165) is 237 Å². The predicted molar refractivity (Wildman–Crippen MR) is 559 cm³/mol. The topological polar surface area (TPSA) is 93.6 Å². The van der Waals surface area contributed by atoms with Gasteiger partial charge in [-0.2, -0.15) is 0 Å². The molecule has 9 heterocycles. The summed E-state index contributed by atoms with van der Waals surface area (Å²) in [6, 6.07) is 161. The van der Waals surface area contributed by atoms with Crippen LogP contribution in [0, 0.1) is 0 Å². The molecular formula is C126H75N3O6. The van der Waals surface area contributed by atoms with Gasteiger partial charge in [0.05, 0.1) is 16.6 Å². The van der Waals surface area contributed by atoms with E-state index >= 15 is 0 Å². The van der Waals surface area contributed by atoms with Crippen LogP contribution in [-0.2, 0) is 0 Å². The van der Waals surface area contributed by atoms with Crippen molar-refractivity contribution in [1.29, 1.82) is 0 Å². The summed E-state index contributed by atoms with van der Waals surface area (Å²) in [7, 11) is 0. The number of nitrogens with zero attached hydrogens (tertiary/aromatic N) is 3. The maximum Gasteiger partial charge on any atom is 0.161 e. The monoisotopic (exact) mass is 1730 g/mol. The van der Waals surface area contributed by atoms with Crippen molar-refractivity contribution >= 4 is 197 Å². The third-order valence-corrected chi connectivity index (χ3v) is 27.6. The molecule has 30 aromatic rings. The maximum atomic E-state index is 6.57. The molecule has 0 amide bonds. The van der Waals surface area contributed by atoms with E-state index in [-0.39, 0.29) is 0 Å². The Labute approximate surface area is 770 Å². The number of aromatic nitrogens is 3. The Bertz CT molecular complexity index is 10100. The van der Waals surface area contributed by atoms with E-state index in [1.54, 1.807) is 0 Å².